The monoisotopic (exact) mass is 341 g/mol. The van der Waals surface area contributed by atoms with E-state index in [0.717, 1.165) is 6.42 Å². The zero-order chi connectivity index (χ0) is 17.7. The minimum absolute atomic E-state index is 0.150. The molecule has 5 nitrogen and oxygen atoms in total. The van der Waals surface area contributed by atoms with E-state index in [4.69, 9.17) is 15.4 Å². The molecule has 0 bridgehead atoms. The van der Waals surface area contributed by atoms with Gasteiger partial charge >= 0.3 is 0 Å². The molecule has 24 heavy (non-hydrogen) atoms. The van der Waals surface area contributed by atoms with Crippen LogP contribution in [-0.4, -0.2) is 31.0 Å². The molecule has 0 aliphatic rings. The first-order chi connectivity index (χ1) is 11.8. The van der Waals surface area contributed by atoms with E-state index in [0.29, 0.717) is 13.2 Å². The quantitative estimate of drug-likeness (QED) is 0.132. The van der Waals surface area contributed by atoms with Crippen molar-refractivity contribution in [3.63, 3.8) is 0 Å². The lowest BCUT2D eigenvalue weighted by atomic mass is 10.0. The first kappa shape index (κ1) is 23.2. The van der Waals surface area contributed by atoms with Crippen LogP contribution in [0.4, 0.5) is 0 Å². The van der Waals surface area contributed by atoms with Crippen molar-refractivity contribution in [1.82, 2.24) is 0 Å². The molecule has 1 atom stereocenters. The van der Waals surface area contributed by atoms with Gasteiger partial charge in [0, 0.05) is 11.5 Å². The van der Waals surface area contributed by atoms with E-state index < -0.39 is 6.04 Å². The number of nitrogens with zero attached hydrogens (tertiary/aromatic N) is 3. The van der Waals surface area contributed by atoms with E-state index in [-0.39, 0.29) is 6.61 Å². The van der Waals surface area contributed by atoms with Gasteiger partial charge in [0.05, 0.1) is 19.3 Å². The molecule has 0 aromatic carbocycles. The number of azide groups is 1. The Bertz CT molecular complexity index is 294. The zero-order valence-electron chi connectivity index (χ0n) is 15.8. The minimum atomic E-state index is -0.443. The number of aliphatic hydroxyl groups excluding tert-OH is 1. The van der Waals surface area contributed by atoms with Crippen molar-refractivity contribution in [3.05, 3.63) is 10.4 Å². The number of unbranched alkanes of at least 4 members (excludes halogenated alkanes) is 13. The van der Waals surface area contributed by atoms with E-state index in [1.165, 1.54) is 83.5 Å². The van der Waals surface area contributed by atoms with E-state index >= 15 is 0 Å². The summed E-state index contributed by atoms with van der Waals surface area (Å²) in [5, 5.41) is 12.4. The Labute approximate surface area is 148 Å². The maximum absolute atomic E-state index is 8.94. The predicted molar refractivity (Wildman–Crippen MR) is 101 cm³/mol. The largest absolute Gasteiger partial charge is 0.396 e. The Morgan fingerprint density at radius 1 is 0.833 bits per heavy atom. The van der Waals surface area contributed by atoms with Crippen LogP contribution in [0.5, 0.6) is 0 Å². The highest BCUT2D eigenvalue weighted by Crippen LogP contribution is 2.12. The molecule has 0 aromatic heterocycles. The minimum Gasteiger partial charge on any atom is -0.396 e. The summed E-state index contributed by atoms with van der Waals surface area (Å²) in [4.78, 5) is 2.68. The highest BCUT2D eigenvalue weighted by atomic mass is 16.5. The first-order valence-electron chi connectivity index (χ1n) is 10.1. The van der Waals surface area contributed by atoms with Gasteiger partial charge in [-0.2, -0.15) is 0 Å². The molecule has 1 unspecified atom stereocenters. The molecule has 1 N–H and O–H groups in total. The Hall–Kier alpha value is -0.770. The number of ether oxygens (including phenoxy) is 1. The van der Waals surface area contributed by atoms with Gasteiger partial charge in [-0.25, -0.2) is 0 Å². The molecule has 0 rings (SSSR count). The fourth-order valence-electron chi connectivity index (χ4n) is 2.81. The molecule has 0 aliphatic carbocycles. The van der Waals surface area contributed by atoms with Crippen LogP contribution < -0.4 is 0 Å². The summed E-state index contributed by atoms with van der Waals surface area (Å²) in [6.07, 6.45) is 18.9. The highest BCUT2D eigenvalue weighted by molar-refractivity contribution is 4.64. The lowest BCUT2D eigenvalue weighted by molar-refractivity contribution is 0.0981. The Morgan fingerprint density at radius 2 is 1.29 bits per heavy atom. The number of hydrogen-bond donors (Lipinski definition) is 1. The Balaban J connectivity index is 3.11. The maximum Gasteiger partial charge on any atom is 0.0838 e. The van der Waals surface area contributed by atoms with Gasteiger partial charge in [0.25, 0.3) is 0 Å². The Morgan fingerprint density at radius 3 is 1.71 bits per heavy atom. The van der Waals surface area contributed by atoms with Gasteiger partial charge < -0.3 is 9.84 Å². The van der Waals surface area contributed by atoms with Gasteiger partial charge in [-0.1, -0.05) is 95.5 Å². The molecule has 0 aliphatic heterocycles. The average Bonchev–Trinajstić information content (AvgIpc) is 2.60. The van der Waals surface area contributed by atoms with Crippen molar-refractivity contribution in [2.75, 3.05) is 19.8 Å². The fourth-order valence-corrected chi connectivity index (χ4v) is 2.81. The summed E-state index contributed by atoms with van der Waals surface area (Å²) < 4.78 is 5.42. The van der Waals surface area contributed by atoms with Crippen molar-refractivity contribution < 1.29 is 9.84 Å². The van der Waals surface area contributed by atoms with Gasteiger partial charge in [0.2, 0.25) is 0 Å². The van der Waals surface area contributed by atoms with Gasteiger partial charge in [0.15, 0.2) is 0 Å². The summed E-state index contributed by atoms with van der Waals surface area (Å²) in [6.45, 7) is 3.13. The average molecular weight is 342 g/mol. The molecule has 0 amide bonds. The van der Waals surface area contributed by atoms with E-state index in [2.05, 4.69) is 16.9 Å². The van der Waals surface area contributed by atoms with Gasteiger partial charge in [0.1, 0.15) is 0 Å². The van der Waals surface area contributed by atoms with E-state index in [9.17, 15) is 0 Å². The molecule has 0 fully saturated rings. The van der Waals surface area contributed by atoms with Crippen LogP contribution in [0.1, 0.15) is 96.8 Å². The van der Waals surface area contributed by atoms with E-state index in [1.54, 1.807) is 0 Å². The van der Waals surface area contributed by atoms with Crippen LogP contribution in [0.25, 0.3) is 10.4 Å². The summed E-state index contributed by atoms with van der Waals surface area (Å²) in [7, 11) is 0. The van der Waals surface area contributed by atoms with Crippen LogP contribution in [0.2, 0.25) is 0 Å². The third-order valence-electron chi connectivity index (χ3n) is 4.38. The summed E-state index contributed by atoms with van der Waals surface area (Å²) in [5.41, 5.74) is 8.29. The maximum atomic E-state index is 8.94. The van der Waals surface area contributed by atoms with E-state index in [1.807, 2.05) is 0 Å². The van der Waals surface area contributed by atoms with Gasteiger partial charge in [-0.15, -0.1) is 0 Å². The predicted octanol–water partition coefficient (Wildman–Crippen LogP) is 6.16. The molecule has 0 radical (unpaired) electrons. The third-order valence-corrected chi connectivity index (χ3v) is 4.38. The molecule has 142 valence electrons. The second-order valence-corrected chi connectivity index (χ2v) is 6.71. The number of hydrogen-bond acceptors (Lipinski definition) is 3. The smallest absolute Gasteiger partial charge is 0.0838 e. The molecular formula is C19H39N3O2. The normalized spacial score (nSPS) is 12.1. The van der Waals surface area contributed by atoms with Gasteiger partial charge in [-0.05, 0) is 12.0 Å². The molecule has 0 aromatic rings. The topological polar surface area (TPSA) is 78.2 Å². The number of rotatable bonds is 19. The molecule has 0 heterocycles. The lowest BCUT2D eigenvalue weighted by Gasteiger charge is -2.08. The molecule has 0 saturated heterocycles. The van der Waals surface area contributed by atoms with Crippen molar-refractivity contribution in [1.29, 1.82) is 0 Å². The number of aliphatic hydroxyl groups is 1. The van der Waals surface area contributed by atoms with Gasteiger partial charge in [-0.3, -0.25) is 0 Å². The highest BCUT2D eigenvalue weighted by Gasteiger charge is 2.03. The van der Waals surface area contributed by atoms with Crippen molar-refractivity contribution in [3.8, 4) is 0 Å². The second kappa shape index (κ2) is 20.3. The van der Waals surface area contributed by atoms with Crippen molar-refractivity contribution in [2.24, 2.45) is 5.11 Å². The standard InChI is InChI=1S/C19H39N3O2/c1-2-3-4-5-6-7-8-9-10-11-12-13-14-15-16-24-18-19(17-23)21-22-20/h19,23H,2-18H2,1H3. The molecule has 0 spiro atoms. The lowest BCUT2D eigenvalue weighted by Crippen LogP contribution is -2.17. The zero-order valence-corrected chi connectivity index (χ0v) is 15.8. The second-order valence-electron chi connectivity index (χ2n) is 6.71. The summed E-state index contributed by atoms with van der Waals surface area (Å²) in [6, 6.07) is -0.443. The molecule has 0 saturated carbocycles. The summed E-state index contributed by atoms with van der Waals surface area (Å²) >= 11 is 0. The molecular weight excluding hydrogens is 302 g/mol. The van der Waals surface area contributed by atoms with Crippen LogP contribution >= 0.6 is 0 Å². The Kier molecular flexibility index (Phi) is 19.6. The van der Waals surface area contributed by atoms with Crippen LogP contribution in [0.15, 0.2) is 5.11 Å². The van der Waals surface area contributed by atoms with Crippen molar-refractivity contribution >= 4 is 0 Å². The van der Waals surface area contributed by atoms with Crippen LogP contribution in [0.3, 0.4) is 0 Å². The summed E-state index contributed by atoms with van der Waals surface area (Å²) in [5.74, 6) is 0. The first-order valence-corrected chi connectivity index (χ1v) is 10.1. The molecule has 5 heteroatoms. The third kappa shape index (κ3) is 17.6. The van der Waals surface area contributed by atoms with Crippen LogP contribution in [-0.2, 0) is 4.74 Å². The van der Waals surface area contributed by atoms with Crippen molar-refractivity contribution in [2.45, 2.75) is 103 Å². The SMILES string of the molecule is CCCCCCCCCCCCCCCCOCC(CO)N=[N+]=[N-]. The fraction of sp³-hybridized carbons (Fsp3) is 1.00. The van der Waals surface area contributed by atoms with Crippen LogP contribution in [0, 0.1) is 0 Å².